The van der Waals surface area contributed by atoms with Crippen LogP contribution in [-0.2, 0) is 16.5 Å². The minimum atomic E-state index is 0. The summed E-state index contributed by atoms with van der Waals surface area (Å²) in [6.07, 6.45) is 25.6. The van der Waals surface area contributed by atoms with Crippen LogP contribution >= 0.6 is 9.03 Å². The monoisotopic (exact) mass is 672 g/mol. The molecule has 10 N–H and O–H groups in total. The molecule has 9 aliphatic rings. The third kappa shape index (κ3) is 6.13. The number of hydrogen-bond acceptors (Lipinski definition) is 9. The quantitative estimate of drug-likeness (QED) is 0.0825. The van der Waals surface area contributed by atoms with E-state index in [-0.39, 0.29) is 16.5 Å². The summed E-state index contributed by atoms with van der Waals surface area (Å²) < 4.78 is 0. The molecule has 12 heteroatoms. The molecule has 9 rings (SSSR count). The van der Waals surface area contributed by atoms with Crippen LogP contribution in [0.25, 0.3) is 0 Å². The molecule has 0 spiro atoms. The summed E-state index contributed by atoms with van der Waals surface area (Å²) in [6.45, 7) is 0. The summed E-state index contributed by atoms with van der Waals surface area (Å²) in [7, 11) is 2.59. The van der Waals surface area contributed by atoms with Gasteiger partial charge in [-0.15, -0.1) is 0 Å². The number of nitrogens with one attached hydrogen (secondary N) is 8. The second-order valence-corrected chi connectivity index (χ2v) is 16.0. The van der Waals surface area contributed by atoms with Gasteiger partial charge in [0.15, 0.2) is 0 Å². The van der Waals surface area contributed by atoms with Crippen molar-refractivity contribution in [3.63, 3.8) is 0 Å². The van der Waals surface area contributed by atoms with Crippen LogP contribution in [0.1, 0.15) is 103 Å². The van der Waals surface area contributed by atoms with Gasteiger partial charge in [-0.3, -0.25) is 42.5 Å². The molecule has 0 aromatic heterocycles. The molecule has 0 radical (unpaired) electrons. The van der Waals surface area contributed by atoms with Crippen LogP contribution < -0.4 is 48.4 Å². The first kappa shape index (κ1) is 32.8. The van der Waals surface area contributed by atoms with Crippen molar-refractivity contribution in [3.8, 4) is 0 Å². The molecular formula is C32H59N10NiP. The molecule has 10 nitrogen and oxygen atoms in total. The van der Waals surface area contributed by atoms with Gasteiger partial charge in [0.2, 0.25) is 0 Å². The van der Waals surface area contributed by atoms with E-state index in [9.17, 15) is 0 Å². The van der Waals surface area contributed by atoms with Crippen LogP contribution in [0.2, 0.25) is 0 Å². The maximum absolute atomic E-state index is 4.39. The van der Waals surface area contributed by atoms with Crippen molar-refractivity contribution in [3.05, 3.63) is 0 Å². The van der Waals surface area contributed by atoms with E-state index in [1.165, 1.54) is 103 Å². The van der Waals surface area contributed by atoms with E-state index in [0.717, 1.165) is 47.3 Å². The van der Waals surface area contributed by atoms with Crippen LogP contribution in [-0.4, -0.2) is 49.3 Å². The molecule has 8 atom stereocenters. The molecule has 8 bridgehead atoms. The molecule has 0 aromatic rings. The Labute approximate surface area is 277 Å². The van der Waals surface area contributed by atoms with Crippen LogP contribution in [0.4, 0.5) is 0 Å². The summed E-state index contributed by atoms with van der Waals surface area (Å²) >= 11 is 0. The first-order valence-corrected chi connectivity index (χ1v) is 18.8. The van der Waals surface area contributed by atoms with Gasteiger partial charge in [0.25, 0.3) is 0 Å². The molecule has 5 saturated heterocycles. The zero-order valence-electron chi connectivity index (χ0n) is 26.4. The molecule has 9 fully saturated rings. The molecule has 5 heterocycles. The largest absolute Gasteiger partial charge is 0.286 e. The molecule has 0 amide bonds. The zero-order valence-corrected chi connectivity index (χ0v) is 28.4. The van der Waals surface area contributed by atoms with Crippen LogP contribution in [0.5, 0.6) is 0 Å². The van der Waals surface area contributed by atoms with E-state index in [0.29, 0.717) is 49.3 Å². The van der Waals surface area contributed by atoms with E-state index < -0.39 is 0 Å². The Morgan fingerprint density at radius 1 is 0.341 bits per heavy atom. The normalized spacial score (nSPS) is 52.7. The van der Waals surface area contributed by atoms with Gasteiger partial charge in [-0.1, -0.05) is 51.4 Å². The van der Waals surface area contributed by atoms with Crippen molar-refractivity contribution in [1.82, 2.24) is 42.5 Å². The first-order valence-electron chi connectivity index (χ1n) is 18.4. The van der Waals surface area contributed by atoms with Gasteiger partial charge in [0.05, 0.1) is 49.3 Å². The topological polar surface area (TPSA) is 135 Å². The summed E-state index contributed by atoms with van der Waals surface area (Å²) in [5.41, 5.74) is 0. The molecule has 252 valence electrons. The fraction of sp³-hybridized carbons (Fsp3) is 1.00. The Kier molecular flexibility index (Phi) is 10.7. The van der Waals surface area contributed by atoms with Crippen molar-refractivity contribution in [2.24, 2.45) is 58.0 Å². The van der Waals surface area contributed by atoms with Crippen LogP contribution in [0, 0.1) is 47.3 Å². The standard InChI is InChI=1S/C32H56N8.H3N2P.Ni/c1-2-10-18-17(9-1)25-33-26(18)38-28-21-13-5-6-14-22(21)30(35-28)40-32-24-16-8-7-15-23(24)31(36-32)39-29-20-12-4-3-11-19(20)27(34-29)37-25;1-2-3;/h17-40H,1-16H2;3H,1H2;. The number of hydrogen-bond donors (Lipinski definition) is 9. The fourth-order valence-corrected chi connectivity index (χ4v) is 12.0. The summed E-state index contributed by atoms with van der Waals surface area (Å²) in [5.74, 6) is 10.4. The Balaban J connectivity index is 0.000000753. The predicted molar refractivity (Wildman–Crippen MR) is 172 cm³/mol. The SMILES string of the molecule is C1CCC2C3NC(NC4NC(NC5NC(NC6NC(N3)C3CCCCC63)C3CCCCC53)C3CCCCC43)C2C1.NN=P.[Ni]. The van der Waals surface area contributed by atoms with Gasteiger partial charge >= 0.3 is 0 Å². The van der Waals surface area contributed by atoms with Crippen molar-refractivity contribution in [2.75, 3.05) is 0 Å². The van der Waals surface area contributed by atoms with Gasteiger partial charge in [-0.2, -0.15) is 4.85 Å². The van der Waals surface area contributed by atoms with E-state index in [4.69, 9.17) is 0 Å². The van der Waals surface area contributed by atoms with Crippen molar-refractivity contribution in [1.29, 1.82) is 0 Å². The Bertz CT molecular complexity index is 771. The molecule has 44 heavy (non-hydrogen) atoms. The second kappa shape index (κ2) is 14.4. The number of nitrogens with zero attached hydrogens (tertiary/aromatic N) is 1. The van der Waals surface area contributed by atoms with Crippen LogP contribution in [0.15, 0.2) is 4.85 Å². The van der Waals surface area contributed by atoms with Gasteiger partial charge in [-0.05, 0) is 98.7 Å². The third-order valence-corrected chi connectivity index (χ3v) is 13.8. The average Bonchev–Trinajstić information content (AvgIpc) is 3.77. The minimum absolute atomic E-state index is 0. The second-order valence-electron chi connectivity index (χ2n) is 15.7. The molecule has 8 unspecified atom stereocenters. The number of nitrogens with two attached hydrogens (primary N) is 1. The van der Waals surface area contributed by atoms with Gasteiger partial charge in [-0.25, -0.2) is 5.84 Å². The van der Waals surface area contributed by atoms with Crippen molar-refractivity contribution in [2.45, 2.75) is 152 Å². The maximum atomic E-state index is 4.39. The predicted octanol–water partition coefficient (Wildman–Crippen LogP) is 2.79. The Hall–Kier alpha value is 0.234. The van der Waals surface area contributed by atoms with Gasteiger partial charge in [0, 0.05) is 25.5 Å². The minimum Gasteiger partial charge on any atom is -0.286 e. The first-order chi connectivity index (χ1) is 21.2. The van der Waals surface area contributed by atoms with E-state index in [2.05, 4.69) is 62.3 Å². The molecule has 5 aliphatic heterocycles. The van der Waals surface area contributed by atoms with E-state index >= 15 is 0 Å². The van der Waals surface area contributed by atoms with Gasteiger partial charge in [0.1, 0.15) is 0 Å². The Morgan fingerprint density at radius 3 is 0.568 bits per heavy atom. The Morgan fingerprint density at radius 2 is 0.455 bits per heavy atom. The summed E-state index contributed by atoms with van der Waals surface area (Å²) in [6, 6.07) is 0. The third-order valence-electron chi connectivity index (χ3n) is 13.8. The molecular weight excluding hydrogens is 614 g/mol. The summed E-state index contributed by atoms with van der Waals surface area (Å²) in [5, 5.41) is 33.8. The molecule has 0 aromatic carbocycles. The fourth-order valence-electron chi connectivity index (χ4n) is 12.0. The van der Waals surface area contributed by atoms with Gasteiger partial charge < -0.3 is 0 Å². The van der Waals surface area contributed by atoms with Crippen LogP contribution in [0.3, 0.4) is 0 Å². The summed E-state index contributed by atoms with van der Waals surface area (Å²) in [4.78, 5) is 2.81. The number of fused-ring (bicyclic) bond motifs is 20. The average molecular weight is 674 g/mol. The maximum Gasteiger partial charge on any atom is 0.0628 e. The van der Waals surface area contributed by atoms with Crippen molar-refractivity contribution >= 4 is 9.03 Å². The number of rotatable bonds is 0. The van der Waals surface area contributed by atoms with Crippen molar-refractivity contribution < 1.29 is 16.5 Å². The molecule has 4 saturated carbocycles. The molecule has 4 aliphatic carbocycles. The zero-order chi connectivity index (χ0) is 28.9. The smallest absolute Gasteiger partial charge is 0.0628 e. The van der Waals surface area contributed by atoms with E-state index in [1.807, 2.05) is 0 Å². The van der Waals surface area contributed by atoms with E-state index in [1.54, 1.807) is 0 Å².